The second-order valence-corrected chi connectivity index (χ2v) is 12.0. The summed E-state index contributed by atoms with van der Waals surface area (Å²) < 4.78 is 7.28. The molecule has 1 aromatic heterocycles. The number of ether oxygens (including phenoxy) is 1. The van der Waals surface area contributed by atoms with Gasteiger partial charge in [-0.3, -0.25) is 4.79 Å². The number of benzene rings is 3. The Morgan fingerprint density at radius 1 is 1.00 bits per heavy atom. The number of hydrogen-bond donors (Lipinski definition) is 0. The van der Waals surface area contributed by atoms with Gasteiger partial charge in [0.05, 0.1) is 23.1 Å². The van der Waals surface area contributed by atoms with E-state index in [4.69, 9.17) is 4.74 Å². The van der Waals surface area contributed by atoms with E-state index < -0.39 is 0 Å². The molecular formula is C35H38N2O2S. The predicted molar refractivity (Wildman–Crippen MR) is 165 cm³/mol. The third-order valence-electron chi connectivity index (χ3n) is 8.48. The first-order valence-corrected chi connectivity index (χ1v) is 15.3. The molecule has 1 fully saturated rings. The quantitative estimate of drug-likeness (QED) is 0.220. The fourth-order valence-corrected chi connectivity index (χ4v) is 7.31. The first-order chi connectivity index (χ1) is 19.4. The summed E-state index contributed by atoms with van der Waals surface area (Å²) in [5, 5.41) is 10.6. The van der Waals surface area contributed by atoms with Crippen molar-refractivity contribution >= 4 is 27.3 Å². The minimum absolute atomic E-state index is 0.123. The normalized spacial score (nSPS) is 17.0. The van der Waals surface area contributed by atoms with Gasteiger partial charge in [-0.15, -0.1) is 11.3 Å². The Labute approximate surface area is 242 Å². The maximum atomic E-state index is 14.5. The predicted octanol–water partition coefficient (Wildman–Crippen LogP) is 9.07. The van der Waals surface area contributed by atoms with Gasteiger partial charge in [-0.2, -0.15) is 5.26 Å². The molecule has 1 saturated carbocycles. The van der Waals surface area contributed by atoms with Crippen molar-refractivity contribution in [3.63, 3.8) is 0 Å². The lowest BCUT2D eigenvalue weighted by Crippen LogP contribution is -2.42. The number of nitrogens with zero attached hydrogens (tertiary/aromatic N) is 2. The van der Waals surface area contributed by atoms with E-state index in [1.165, 1.54) is 22.1 Å². The van der Waals surface area contributed by atoms with Crippen LogP contribution in [-0.4, -0.2) is 23.5 Å². The summed E-state index contributed by atoms with van der Waals surface area (Å²) in [6.45, 7) is 9.53. The molecule has 5 heteroatoms. The summed E-state index contributed by atoms with van der Waals surface area (Å²) in [4.78, 5) is 17.4. The molecule has 0 bridgehead atoms. The molecule has 1 heterocycles. The molecule has 206 valence electrons. The Bertz CT molecular complexity index is 1560. The van der Waals surface area contributed by atoms with Crippen LogP contribution < -0.4 is 4.74 Å². The zero-order valence-corrected chi connectivity index (χ0v) is 24.8. The maximum absolute atomic E-state index is 14.5. The third-order valence-corrected chi connectivity index (χ3v) is 9.91. The Morgan fingerprint density at radius 3 is 2.45 bits per heavy atom. The zero-order valence-electron chi connectivity index (χ0n) is 24.0. The third kappa shape index (κ3) is 5.64. The molecule has 1 aliphatic rings. The van der Waals surface area contributed by atoms with E-state index in [0.717, 1.165) is 64.5 Å². The van der Waals surface area contributed by atoms with Gasteiger partial charge in [0.1, 0.15) is 5.75 Å². The number of carbonyl (C=O) groups is 1. The number of aryl methyl sites for hydroxylation is 2. The van der Waals surface area contributed by atoms with Crippen LogP contribution in [0.4, 0.5) is 0 Å². The van der Waals surface area contributed by atoms with E-state index in [-0.39, 0.29) is 11.9 Å². The minimum atomic E-state index is 0.123. The standard InChI is InChI=1S/C35H38N2O2S/c1-5-25-13-16-30(17-14-25)37(35(38)34-24(4)31-12-7-9-23(3)33(31)40-34)22-29-20-28(15-18-32(29)39-6-2)27-11-8-10-26(19-27)21-36/h7-12,15,18-20,25,30H,5-6,13-14,16-17,22H2,1-4H3. The highest BCUT2D eigenvalue weighted by molar-refractivity contribution is 7.21. The van der Waals surface area contributed by atoms with Crippen LogP contribution in [0, 0.1) is 31.1 Å². The van der Waals surface area contributed by atoms with Crippen molar-refractivity contribution < 1.29 is 9.53 Å². The second-order valence-electron chi connectivity index (χ2n) is 11.0. The first-order valence-electron chi connectivity index (χ1n) is 14.5. The van der Waals surface area contributed by atoms with Crippen molar-refractivity contribution in [2.24, 2.45) is 5.92 Å². The maximum Gasteiger partial charge on any atom is 0.264 e. The highest BCUT2D eigenvalue weighted by Crippen LogP contribution is 2.38. The molecule has 40 heavy (non-hydrogen) atoms. The average molecular weight is 551 g/mol. The van der Waals surface area contributed by atoms with E-state index in [0.29, 0.717) is 18.7 Å². The number of rotatable bonds is 8. The lowest BCUT2D eigenvalue weighted by molar-refractivity contribution is 0.0590. The van der Waals surface area contributed by atoms with E-state index in [2.05, 4.69) is 56.0 Å². The lowest BCUT2D eigenvalue weighted by Gasteiger charge is -2.37. The van der Waals surface area contributed by atoms with Gasteiger partial charge in [0, 0.05) is 22.8 Å². The van der Waals surface area contributed by atoms with Crippen molar-refractivity contribution in [3.05, 3.63) is 87.8 Å². The van der Waals surface area contributed by atoms with E-state index in [1.807, 2.05) is 43.3 Å². The number of amides is 1. The molecule has 0 saturated heterocycles. The number of thiophene rings is 1. The van der Waals surface area contributed by atoms with Crippen LogP contribution in [0.1, 0.15) is 77.9 Å². The van der Waals surface area contributed by atoms with Crippen LogP contribution in [-0.2, 0) is 6.54 Å². The van der Waals surface area contributed by atoms with Crippen molar-refractivity contribution in [1.29, 1.82) is 5.26 Å². The second kappa shape index (κ2) is 12.3. The van der Waals surface area contributed by atoms with Crippen molar-refractivity contribution in [1.82, 2.24) is 4.90 Å². The minimum Gasteiger partial charge on any atom is -0.494 e. The van der Waals surface area contributed by atoms with E-state index >= 15 is 0 Å². The van der Waals surface area contributed by atoms with E-state index in [1.54, 1.807) is 11.3 Å². The molecule has 4 nitrogen and oxygen atoms in total. The Hall–Kier alpha value is -3.62. The van der Waals surface area contributed by atoms with Crippen molar-refractivity contribution in [3.8, 4) is 22.9 Å². The molecule has 1 amide bonds. The summed E-state index contributed by atoms with van der Waals surface area (Å²) in [6.07, 6.45) is 5.58. The summed E-state index contributed by atoms with van der Waals surface area (Å²) >= 11 is 1.63. The van der Waals surface area contributed by atoms with Gasteiger partial charge in [0.25, 0.3) is 5.91 Å². The topological polar surface area (TPSA) is 53.3 Å². The summed E-state index contributed by atoms with van der Waals surface area (Å²) in [5.74, 6) is 1.68. The van der Waals surface area contributed by atoms with Crippen LogP contribution in [0.15, 0.2) is 60.7 Å². The molecule has 0 atom stereocenters. The molecule has 1 aliphatic carbocycles. The van der Waals surface area contributed by atoms with Crippen LogP contribution in [0.25, 0.3) is 21.2 Å². The van der Waals surface area contributed by atoms with Gasteiger partial charge >= 0.3 is 0 Å². The zero-order chi connectivity index (χ0) is 28.2. The van der Waals surface area contributed by atoms with Crippen molar-refractivity contribution in [2.45, 2.75) is 72.4 Å². The van der Waals surface area contributed by atoms with Gasteiger partial charge in [0.2, 0.25) is 0 Å². The van der Waals surface area contributed by atoms with Crippen LogP contribution in [0.2, 0.25) is 0 Å². The number of carbonyl (C=O) groups excluding carboxylic acids is 1. The molecule has 0 N–H and O–H groups in total. The Kier molecular flexibility index (Phi) is 8.57. The monoisotopic (exact) mass is 550 g/mol. The summed E-state index contributed by atoms with van der Waals surface area (Å²) in [7, 11) is 0. The van der Waals surface area contributed by atoms with Crippen LogP contribution in [0.5, 0.6) is 5.75 Å². The molecule has 3 aromatic carbocycles. The highest BCUT2D eigenvalue weighted by Gasteiger charge is 2.32. The number of hydrogen-bond acceptors (Lipinski definition) is 4. The average Bonchev–Trinajstić information content (AvgIpc) is 3.34. The number of fused-ring (bicyclic) bond motifs is 1. The van der Waals surface area contributed by atoms with Gasteiger partial charge in [-0.1, -0.05) is 49.7 Å². The lowest BCUT2D eigenvalue weighted by atomic mass is 9.83. The molecule has 5 rings (SSSR count). The van der Waals surface area contributed by atoms with Gasteiger partial charge in [-0.25, -0.2) is 0 Å². The first kappa shape index (κ1) is 27.9. The van der Waals surface area contributed by atoms with Gasteiger partial charge in [0.15, 0.2) is 0 Å². The van der Waals surface area contributed by atoms with Crippen LogP contribution in [0.3, 0.4) is 0 Å². The molecule has 0 spiro atoms. The molecular weight excluding hydrogens is 512 g/mol. The molecule has 4 aromatic rings. The van der Waals surface area contributed by atoms with Gasteiger partial charge < -0.3 is 9.64 Å². The van der Waals surface area contributed by atoms with Crippen molar-refractivity contribution in [2.75, 3.05) is 6.61 Å². The SMILES string of the molecule is CCOc1ccc(-c2cccc(C#N)c2)cc1CN(C(=O)c1sc2c(C)cccc2c1C)C1CCC(CC)CC1. The van der Waals surface area contributed by atoms with E-state index in [9.17, 15) is 10.1 Å². The fourth-order valence-electron chi connectivity index (χ4n) is 6.08. The van der Waals surface area contributed by atoms with Crippen LogP contribution >= 0.6 is 11.3 Å². The largest absolute Gasteiger partial charge is 0.494 e. The highest BCUT2D eigenvalue weighted by atomic mass is 32.1. The summed E-state index contributed by atoms with van der Waals surface area (Å²) in [6, 6.07) is 22.6. The summed E-state index contributed by atoms with van der Waals surface area (Å²) in [5.41, 5.74) is 5.93. The van der Waals surface area contributed by atoms with Gasteiger partial charge in [-0.05, 0) is 104 Å². The Morgan fingerprint density at radius 2 is 1.75 bits per heavy atom. The Balaban J connectivity index is 1.56. The molecule has 0 radical (unpaired) electrons. The number of nitriles is 1. The molecule has 0 unspecified atom stereocenters. The fraction of sp³-hybridized carbons (Fsp3) is 0.371. The smallest absolute Gasteiger partial charge is 0.264 e. The molecule has 0 aliphatic heterocycles.